The number of ether oxygens (including phenoxy) is 1. The van der Waals surface area contributed by atoms with Crippen molar-refractivity contribution < 1.29 is 9.53 Å². The first kappa shape index (κ1) is 18.0. The topological polar surface area (TPSA) is 29.5 Å². The van der Waals surface area contributed by atoms with Gasteiger partial charge in [0.05, 0.1) is 12.5 Å². The van der Waals surface area contributed by atoms with E-state index in [1.54, 1.807) is 7.11 Å². The molecule has 3 atom stereocenters. The molecule has 2 rings (SSSR count). The average molecular weight is 317 g/mol. The number of hydrogen-bond donors (Lipinski definition) is 0. The molecule has 23 heavy (non-hydrogen) atoms. The minimum Gasteiger partial charge on any atom is -0.384 e. The molecule has 1 aliphatic heterocycles. The fraction of sp³-hybridized carbons (Fsp3) is 0.650. The predicted octanol–water partition coefficient (Wildman–Crippen LogP) is 3.95. The monoisotopic (exact) mass is 317 g/mol. The van der Waals surface area contributed by atoms with Crippen LogP contribution in [0.4, 0.5) is 0 Å². The van der Waals surface area contributed by atoms with E-state index < -0.39 is 0 Å². The minimum atomic E-state index is -0.0567. The summed E-state index contributed by atoms with van der Waals surface area (Å²) in [4.78, 5) is 15.5. The minimum absolute atomic E-state index is 0.0567. The van der Waals surface area contributed by atoms with Crippen molar-refractivity contribution in [3.05, 3.63) is 35.9 Å². The molecular weight excluding hydrogens is 286 g/mol. The molecule has 1 saturated heterocycles. The Labute approximate surface area is 141 Å². The molecular formula is C20H31NO2. The molecule has 3 nitrogen and oxygen atoms in total. The Morgan fingerprint density at radius 1 is 1.22 bits per heavy atom. The maximum atomic E-state index is 13.3. The van der Waals surface area contributed by atoms with Crippen molar-refractivity contribution in [1.82, 2.24) is 4.90 Å². The molecule has 1 aromatic rings. The largest absolute Gasteiger partial charge is 0.384 e. The molecule has 0 aromatic heterocycles. The quantitative estimate of drug-likeness (QED) is 0.795. The van der Waals surface area contributed by atoms with Crippen molar-refractivity contribution in [1.29, 1.82) is 0 Å². The van der Waals surface area contributed by atoms with Crippen LogP contribution in [0.2, 0.25) is 0 Å². The second-order valence-corrected chi connectivity index (χ2v) is 7.49. The smallest absolute Gasteiger partial charge is 0.230 e. The molecule has 1 amide bonds. The van der Waals surface area contributed by atoms with Crippen LogP contribution in [-0.4, -0.2) is 37.1 Å². The summed E-state index contributed by atoms with van der Waals surface area (Å²) in [6.07, 6.45) is 1.05. The first-order valence-corrected chi connectivity index (χ1v) is 8.80. The van der Waals surface area contributed by atoms with Crippen molar-refractivity contribution >= 4 is 5.91 Å². The fourth-order valence-electron chi connectivity index (χ4n) is 3.85. The second kappa shape index (κ2) is 7.96. The summed E-state index contributed by atoms with van der Waals surface area (Å²) >= 11 is 0. The molecule has 1 aromatic carbocycles. The van der Waals surface area contributed by atoms with E-state index >= 15 is 0 Å². The highest BCUT2D eigenvalue weighted by Gasteiger charge is 2.40. The molecule has 0 spiro atoms. The number of rotatable bonds is 6. The highest BCUT2D eigenvalue weighted by molar-refractivity contribution is 5.84. The van der Waals surface area contributed by atoms with Gasteiger partial charge in [-0.2, -0.15) is 0 Å². The summed E-state index contributed by atoms with van der Waals surface area (Å²) in [5, 5.41) is 0. The molecule has 0 N–H and O–H groups in total. The SMILES string of the molecule is COCC1C[C@@H](C(C)C)N(C(=O)C(c2ccccc2)C(C)C)C1. The maximum Gasteiger partial charge on any atom is 0.230 e. The van der Waals surface area contributed by atoms with Gasteiger partial charge >= 0.3 is 0 Å². The number of carbonyl (C=O) groups is 1. The zero-order valence-corrected chi connectivity index (χ0v) is 15.2. The third kappa shape index (κ3) is 4.14. The third-order valence-corrected chi connectivity index (χ3v) is 4.98. The zero-order chi connectivity index (χ0) is 17.0. The second-order valence-electron chi connectivity index (χ2n) is 7.49. The van der Waals surface area contributed by atoms with Gasteiger partial charge in [0.1, 0.15) is 0 Å². The van der Waals surface area contributed by atoms with E-state index in [1.165, 1.54) is 0 Å². The Balaban J connectivity index is 2.24. The number of methoxy groups -OCH3 is 1. The normalized spacial score (nSPS) is 22.8. The summed E-state index contributed by atoms with van der Waals surface area (Å²) < 4.78 is 5.34. The lowest BCUT2D eigenvalue weighted by molar-refractivity contribution is -0.135. The number of amides is 1. The Morgan fingerprint density at radius 3 is 2.39 bits per heavy atom. The maximum absolute atomic E-state index is 13.3. The van der Waals surface area contributed by atoms with E-state index in [0.717, 1.165) is 25.1 Å². The van der Waals surface area contributed by atoms with Crippen LogP contribution in [-0.2, 0) is 9.53 Å². The van der Waals surface area contributed by atoms with Gasteiger partial charge in [-0.05, 0) is 23.8 Å². The molecule has 2 unspecified atom stereocenters. The van der Waals surface area contributed by atoms with Crippen LogP contribution in [0.25, 0.3) is 0 Å². The zero-order valence-electron chi connectivity index (χ0n) is 15.2. The van der Waals surface area contributed by atoms with Gasteiger partial charge in [-0.15, -0.1) is 0 Å². The van der Waals surface area contributed by atoms with Crippen molar-refractivity contribution in [2.45, 2.75) is 46.1 Å². The molecule has 1 heterocycles. The Hall–Kier alpha value is -1.35. The summed E-state index contributed by atoms with van der Waals surface area (Å²) in [5.74, 6) is 1.45. The lowest BCUT2D eigenvalue weighted by Gasteiger charge is -2.32. The Kier molecular flexibility index (Phi) is 6.23. The van der Waals surface area contributed by atoms with E-state index in [-0.39, 0.29) is 11.8 Å². The molecule has 0 aliphatic carbocycles. The van der Waals surface area contributed by atoms with Gasteiger partial charge in [0, 0.05) is 25.6 Å². The molecule has 0 bridgehead atoms. The summed E-state index contributed by atoms with van der Waals surface area (Å²) in [6.45, 7) is 10.3. The van der Waals surface area contributed by atoms with Crippen LogP contribution in [0.15, 0.2) is 30.3 Å². The number of likely N-dealkylation sites (tertiary alicyclic amines) is 1. The van der Waals surface area contributed by atoms with E-state index in [9.17, 15) is 4.79 Å². The standard InChI is InChI=1S/C20H31NO2/c1-14(2)18-11-16(13-23-5)12-21(18)20(22)19(15(3)4)17-9-7-6-8-10-17/h6-10,14-16,18-19H,11-13H2,1-5H3/t16?,18-,19?/m0/s1. The van der Waals surface area contributed by atoms with E-state index in [2.05, 4.69) is 44.7 Å². The highest BCUT2D eigenvalue weighted by atomic mass is 16.5. The summed E-state index contributed by atoms with van der Waals surface area (Å²) in [5.41, 5.74) is 1.13. The number of nitrogens with zero attached hydrogens (tertiary/aromatic N) is 1. The van der Waals surface area contributed by atoms with E-state index in [1.807, 2.05) is 18.2 Å². The van der Waals surface area contributed by atoms with E-state index in [4.69, 9.17) is 4.74 Å². The van der Waals surface area contributed by atoms with Crippen molar-refractivity contribution in [3.8, 4) is 0 Å². The average Bonchev–Trinajstić information content (AvgIpc) is 2.93. The van der Waals surface area contributed by atoms with Gasteiger partial charge in [-0.25, -0.2) is 0 Å². The van der Waals surface area contributed by atoms with Crippen LogP contribution in [0.1, 0.15) is 45.6 Å². The fourth-order valence-corrected chi connectivity index (χ4v) is 3.85. The van der Waals surface area contributed by atoms with E-state index in [0.29, 0.717) is 23.8 Å². The lowest BCUT2D eigenvalue weighted by atomic mass is 9.86. The first-order valence-electron chi connectivity index (χ1n) is 8.80. The lowest BCUT2D eigenvalue weighted by Crippen LogP contribution is -2.42. The summed E-state index contributed by atoms with van der Waals surface area (Å²) in [7, 11) is 1.75. The van der Waals surface area contributed by atoms with Crippen molar-refractivity contribution in [2.24, 2.45) is 17.8 Å². The Morgan fingerprint density at radius 2 is 1.87 bits per heavy atom. The molecule has 1 aliphatic rings. The Bertz CT molecular complexity index is 498. The van der Waals surface area contributed by atoms with Gasteiger partial charge < -0.3 is 9.64 Å². The number of hydrogen-bond acceptors (Lipinski definition) is 2. The molecule has 0 saturated carbocycles. The molecule has 0 radical (unpaired) electrons. The van der Waals surface area contributed by atoms with Gasteiger partial charge in [0.2, 0.25) is 5.91 Å². The third-order valence-electron chi connectivity index (χ3n) is 4.98. The van der Waals surface area contributed by atoms with Crippen molar-refractivity contribution in [2.75, 3.05) is 20.3 Å². The van der Waals surface area contributed by atoms with Crippen LogP contribution in [0, 0.1) is 17.8 Å². The van der Waals surface area contributed by atoms with Crippen molar-refractivity contribution in [3.63, 3.8) is 0 Å². The van der Waals surface area contributed by atoms with Crippen LogP contribution < -0.4 is 0 Å². The van der Waals surface area contributed by atoms with Crippen LogP contribution in [0.5, 0.6) is 0 Å². The van der Waals surface area contributed by atoms with Gasteiger partial charge in [0.15, 0.2) is 0 Å². The highest BCUT2D eigenvalue weighted by Crippen LogP contribution is 2.34. The first-order chi connectivity index (χ1) is 11.0. The van der Waals surface area contributed by atoms with Crippen LogP contribution in [0.3, 0.4) is 0 Å². The molecule has 3 heteroatoms. The van der Waals surface area contributed by atoms with Gasteiger partial charge in [-0.1, -0.05) is 58.0 Å². The molecule has 128 valence electrons. The van der Waals surface area contributed by atoms with Gasteiger partial charge in [-0.3, -0.25) is 4.79 Å². The predicted molar refractivity (Wildman–Crippen MR) is 94.3 cm³/mol. The van der Waals surface area contributed by atoms with Gasteiger partial charge in [0.25, 0.3) is 0 Å². The number of benzene rings is 1. The molecule has 1 fully saturated rings. The van der Waals surface area contributed by atoms with Crippen LogP contribution >= 0.6 is 0 Å². The number of carbonyl (C=O) groups excluding carboxylic acids is 1. The summed E-state index contributed by atoms with van der Waals surface area (Å²) in [6, 6.07) is 10.5.